The van der Waals surface area contributed by atoms with E-state index in [0.717, 1.165) is 36.2 Å². The van der Waals surface area contributed by atoms with Crippen LogP contribution in [0.3, 0.4) is 0 Å². The van der Waals surface area contributed by atoms with Gasteiger partial charge in [-0.2, -0.15) is 0 Å². The molecular weight excluding hydrogens is 282 g/mol. The summed E-state index contributed by atoms with van der Waals surface area (Å²) in [5.41, 5.74) is 17.0. The highest BCUT2D eigenvalue weighted by Gasteiger charge is 2.03. The van der Waals surface area contributed by atoms with Crippen LogP contribution >= 0.6 is 0 Å². The summed E-state index contributed by atoms with van der Waals surface area (Å²) in [7, 11) is 0. The molecule has 1 rings (SSSR count). The van der Waals surface area contributed by atoms with Crippen molar-refractivity contribution in [2.24, 2.45) is 16.5 Å². The first-order valence-corrected chi connectivity index (χ1v) is 8.17. The second kappa shape index (κ2) is 10.4. The Morgan fingerprint density at radius 2 is 2.00 bits per heavy atom. The van der Waals surface area contributed by atoms with Crippen LogP contribution < -0.4 is 11.5 Å². The Labute approximate surface area is 140 Å². The van der Waals surface area contributed by atoms with Crippen LogP contribution in [0.1, 0.15) is 40.0 Å². The molecule has 0 saturated carbocycles. The molecule has 1 aliphatic carbocycles. The summed E-state index contributed by atoms with van der Waals surface area (Å²) in [6, 6.07) is 0. The number of hydrogen-bond donors (Lipinski definition) is 2. The van der Waals surface area contributed by atoms with Gasteiger partial charge in [-0.3, -0.25) is 4.99 Å². The molecule has 3 heteroatoms. The molecule has 0 aromatic carbocycles. The van der Waals surface area contributed by atoms with Crippen LogP contribution in [0, 0.1) is 0 Å². The van der Waals surface area contributed by atoms with Crippen LogP contribution in [0.25, 0.3) is 0 Å². The standard InChI is InChI=1S/C20H29N3/c1-4-5-9-20(22)17(3)16(2)8-6-7-14-23-19-12-10-18(15-21)11-13-19/h5-10,12,15H,4,11,13-14,21-22H2,1-3H3/b7-6-,9-5-,16-8+,18-15?,20-17-,23-19?. The molecule has 0 bridgehead atoms. The van der Waals surface area contributed by atoms with Crippen molar-refractivity contribution in [1.82, 2.24) is 0 Å². The molecule has 0 radical (unpaired) electrons. The quantitative estimate of drug-likeness (QED) is 0.717. The Hall–Kier alpha value is -2.29. The molecule has 23 heavy (non-hydrogen) atoms. The Kier molecular flexibility index (Phi) is 8.51. The summed E-state index contributed by atoms with van der Waals surface area (Å²) in [4.78, 5) is 4.57. The highest BCUT2D eigenvalue weighted by Crippen LogP contribution is 2.14. The second-order valence-corrected chi connectivity index (χ2v) is 5.58. The summed E-state index contributed by atoms with van der Waals surface area (Å²) in [5, 5.41) is 0. The van der Waals surface area contributed by atoms with E-state index in [0.29, 0.717) is 6.54 Å². The van der Waals surface area contributed by atoms with E-state index in [1.165, 1.54) is 11.1 Å². The fourth-order valence-corrected chi connectivity index (χ4v) is 2.08. The molecule has 0 saturated heterocycles. The first kappa shape index (κ1) is 18.8. The van der Waals surface area contributed by atoms with Gasteiger partial charge in [0.25, 0.3) is 0 Å². The minimum atomic E-state index is 0.694. The normalized spacial score (nSPS) is 20.9. The van der Waals surface area contributed by atoms with E-state index >= 15 is 0 Å². The van der Waals surface area contributed by atoms with Crippen LogP contribution in [0.5, 0.6) is 0 Å². The van der Waals surface area contributed by atoms with Gasteiger partial charge in [-0.1, -0.05) is 37.3 Å². The topological polar surface area (TPSA) is 64.4 Å². The number of allylic oxidation sites excluding steroid dienone is 9. The molecule has 0 atom stereocenters. The van der Waals surface area contributed by atoms with Crippen molar-refractivity contribution < 1.29 is 0 Å². The maximum Gasteiger partial charge on any atom is 0.0576 e. The van der Waals surface area contributed by atoms with E-state index in [2.05, 4.69) is 37.1 Å². The summed E-state index contributed by atoms with van der Waals surface area (Å²) < 4.78 is 0. The minimum Gasteiger partial charge on any atom is -0.404 e. The van der Waals surface area contributed by atoms with Crippen molar-refractivity contribution in [2.75, 3.05) is 6.54 Å². The Morgan fingerprint density at radius 3 is 2.61 bits per heavy atom. The third kappa shape index (κ3) is 7.00. The van der Waals surface area contributed by atoms with E-state index in [4.69, 9.17) is 11.5 Å². The van der Waals surface area contributed by atoms with Gasteiger partial charge in [-0.25, -0.2) is 0 Å². The average molecular weight is 311 g/mol. The molecule has 4 N–H and O–H groups in total. The maximum absolute atomic E-state index is 6.04. The highest BCUT2D eigenvalue weighted by molar-refractivity contribution is 5.96. The summed E-state index contributed by atoms with van der Waals surface area (Å²) in [6.07, 6.45) is 18.9. The van der Waals surface area contributed by atoms with Crippen molar-refractivity contribution in [1.29, 1.82) is 0 Å². The monoisotopic (exact) mass is 311 g/mol. The van der Waals surface area contributed by atoms with Crippen molar-refractivity contribution >= 4 is 5.71 Å². The Morgan fingerprint density at radius 1 is 1.22 bits per heavy atom. The number of nitrogens with zero attached hydrogens (tertiary/aromatic N) is 1. The lowest BCUT2D eigenvalue weighted by atomic mass is 10.0. The molecule has 0 aliphatic heterocycles. The van der Waals surface area contributed by atoms with E-state index < -0.39 is 0 Å². The summed E-state index contributed by atoms with van der Waals surface area (Å²) in [6.45, 7) is 6.91. The van der Waals surface area contributed by atoms with Crippen LogP contribution in [0.4, 0.5) is 0 Å². The molecule has 0 amide bonds. The zero-order valence-corrected chi connectivity index (χ0v) is 14.5. The minimum absolute atomic E-state index is 0.694. The predicted molar refractivity (Wildman–Crippen MR) is 102 cm³/mol. The molecule has 1 aliphatic rings. The van der Waals surface area contributed by atoms with Crippen molar-refractivity contribution in [3.05, 3.63) is 71.1 Å². The van der Waals surface area contributed by atoms with E-state index in [1.54, 1.807) is 6.20 Å². The lowest BCUT2D eigenvalue weighted by molar-refractivity contribution is 1.01. The van der Waals surface area contributed by atoms with Crippen molar-refractivity contribution in [3.8, 4) is 0 Å². The first-order valence-electron chi connectivity index (χ1n) is 8.17. The Bertz CT molecular complexity index is 596. The van der Waals surface area contributed by atoms with E-state index in [1.807, 2.05) is 31.2 Å². The van der Waals surface area contributed by atoms with Gasteiger partial charge in [0.1, 0.15) is 0 Å². The van der Waals surface area contributed by atoms with Gasteiger partial charge in [0, 0.05) is 11.4 Å². The van der Waals surface area contributed by atoms with E-state index in [-0.39, 0.29) is 0 Å². The third-order valence-electron chi connectivity index (χ3n) is 3.81. The van der Waals surface area contributed by atoms with Gasteiger partial charge in [-0.15, -0.1) is 0 Å². The average Bonchev–Trinajstić information content (AvgIpc) is 2.58. The number of hydrogen-bond acceptors (Lipinski definition) is 3. The van der Waals surface area contributed by atoms with Gasteiger partial charge in [0.2, 0.25) is 0 Å². The number of aliphatic imine (C=N–C) groups is 1. The largest absolute Gasteiger partial charge is 0.404 e. The summed E-state index contributed by atoms with van der Waals surface area (Å²) in [5.74, 6) is 0. The lowest BCUT2D eigenvalue weighted by Crippen LogP contribution is -2.02. The SMILES string of the molecule is CC\C=C/C(N)=C(C)/C(C)=C/C=C\CN=C1C=CC(=CN)CC1. The zero-order chi connectivity index (χ0) is 17.1. The van der Waals surface area contributed by atoms with Crippen molar-refractivity contribution in [2.45, 2.75) is 40.0 Å². The zero-order valence-electron chi connectivity index (χ0n) is 14.5. The van der Waals surface area contributed by atoms with Gasteiger partial charge < -0.3 is 11.5 Å². The molecule has 0 unspecified atom stereocenters. The summed E-state index contributed by atoms with van der Waals surface area (Å²) >= 11 is 0. The predicted octanol–water partition coefficient (Wildman–Crippen LogP) is 4.32. The molecular formula is C20H29N3. The van der Waals surface area contributed by atoms with Gasteiger partial charge in [-0.05, 0) is 68.2 Å². The second-order valence-electron chi connectivity index (χ2n) is 5.58. The highest BCUT2D eigenvalue weighted by atomic mass is 14.7. The van der Waals surface area contributed by atoms with Crippen LogP contribution in [0.2, 0.25) is 0 Å². The lowest BCUT2D eigenvalue weighted by Gasteiger charge is -2.08. The molecule has 0 aromatic heterocycles. The van der Waals surface area contributed by atoms with Crippen LogP contribution in [-0.2, 0) is 0 Å². The first-order chi connectivity index (χ1) is 11.1. The van der Waals surface area contributed by atoms with Gasteiger partial charge >= 0.3 is 0 Å². The fourth-order valence-electron chi connectivity index (χ4n) is 2.08. The Balaban J connectivity index is 2.57. The molecule has 0 fully saturated rings. The number of rotatable bonds is 6. The molecule has 3 nitrogen and oxygen atoms in total. The number of nitrogens with two attached hydrogens (primary N) is 2. The third-order valence-corrected chi connectivity index (χ3v) is 3.81. The van der Waals surface area contributed by atoms with Gasteiger partial charge in [0.05, 0.1) is 6.54 Å². The van der Waals surface area contributed by atoms with Crippen molar-refractivity contribution in [3.63, 3.8) is 0 Å². The molecule has 0 spiro atoms. The maximum atomic E-state index is 6.04. The molecule has 0 aromatic rings. The van der Waals surface area contributed by atoms with Crippen LogP contribution in [0.15, 0.2) is 76.1 Å². The fraction of sp³-hybridized carbons (Fsp3) is 0.350. The van der Waals surface area contributed by atoms with E-state index in [9.17, 15) is 0 Å². The van der Waals surface area contributed by atoms with Gasteiger partial charge in [0.15, 0.2) is 0 Å². The molecule has 0 heterocycles. The smallest absolute Gasteiger partial charge is 0.0576 e. The van der Waals surface area contributed by atoms with Crippen LogP contribution in [-0.4, -0.2) is 12.3 Å². The molecule has 124 valence electrons.